The fourth-order valence-corrected chi connectivity index (χ4v) is 4.53. The van der Waals surface area contributed by atoms with Crippen molar-refractivity contribution >= 4 is 40.8 Å². The van der Waals surface area contributed by atoms with E-state index in [0.717, 1.165) is 17.1 Å². The van der Waals surface area contributed by atoms with Crippen LogP contribution in [0, 0.1) is 0 Å². The highest BCUT2D eigenvalue weighted by Gasteiger charge is 2.13. The monoisotopic (exact) mass is 576 g/mol. The number of hydrogen-bond acceptors (Lipinski definition) is 6. The summed E-state index contributed by atoms with van der Waals surface area (Å²) >= 11 is 7.09. The first-order chi connectivity index (χ1) is 19.2. The Morgan fingerprint density at radius 1 is 0.850 bits per heavy atom. The van der Waals surface area contributed by atoms with Gasteiger partial charge in [-0.3, -0.25) is 14.2 Å². The van der Waals surface area contributed by atoms with E-state index in [1.807, 2.05) is 41.1 Å². The van der Waals surface area contributed by atoms with Gasteiger partial charge in [0.15, 0.2) is 0 Å². The van der Waals surface area contributed by atoms with Crippen molar-refractivity contribution in [1.29, 1.82) is 0 Å². The second-order valence-electron chi connectivity index (χ2n) is 8.14. The van der Waals surface area contributed by atoms with E-state index in [4.69, 9.17) is 21.8 Å². The number of hydrogen-bond donors (Lipinski definition) is 3. The summed E-state index contributed by atoms with van der Waals surface area (Å²) in [6, 6.07) is 21.5. The Hall–Kier alpha value is -5.00. The Kier molecular flexibility index (Phi) is 8.89. The average Bonchev–Trinajstić information content (AvgIpc) is 3.62. The SMILES string of the molecule is O=C(NCc1cn(-c2ccc(-n3ccccc3=O)cc2)cn1)c1ccc(Cl)s1.O=C(O)c1ccccc1C(=O)O. The van der Waals surface area contributed by atoms with Gasteiger partial charge in [-0.1, -0.05) is 29.8 Å². The molecule has 1 amide bonds. The molecule has 0 saturated carbocycles. The molecule has 0 aliphatic heterocycles. The first-order valence-electron chi connectivity index (χ1n) is 11.6. The van der Waals surface area contributed by atoms with E-state index in [-0.39, 0.29) is 22.6 Å². The van der Waals surface area contributed by atoms with Gasteiger partial charge in [0, 0.05) is 29.8 Å². The molecule has 3 heterocycles. The third-order valence-electron chi connectivity index (χ3n) is 5.50. The highest BCUT2D eigenvalue weighted by atomic mass is 35.5. The molecule has 40 heavy (non-hydrogen) atoms. The molecule has 0 fully saturated rings. The Morgan fingerprint density at radius 3 is 2.05 bits per heavy atom. The van der Waals surface area contributed by atoms with Crippen LogP contribution in [0.3, 0.4) is 0 Å². The van der Waals surface area contributed by atoms with Gasteiger partial charge in [-0.05, 0) is 54.6 Å². The number of nitrogens with one attached hydrogen (secondary N) is 1. The number of carboxylic acids is 2. The van der Waals surface area contributed by atoms with Gasteiger partial charge in [0.05, 0.1) is 38.9 Å². The van der Waals surface area contributed by atoms with Crippen LogP contribution in [-0.2, 0) is 6.54 Å². The van der Waals surface area contributed by atoms with E-state index in [1.165, 1.54) is 41.7 Å². The Morgan fingerprint density at radius 2 is 1.48 bits per heavy atom. The van der Waals surface area contributed by atoms with Crippen molar-refractivity contribution < 1.29 is 24.6 Å². The number of imidazole rings is 1. The molecular formula is C28H21ClN4O6S. The summed E-state index contributed by atoms with van der Waals surface area (Å²) in [5.74, 6) is -2.63. The molecular weight excluding hydrogens is 556 g/mol. The number of aromatic carboxylic acids is 2. The molecule has 0 aliphatic rings. The maximum absolute atomic E-state index is 12.1. The number of carbonyl (C=O) groups is 3. The molecule has 3 aromatic heterocycles. The van der Waals surface area contributed by atoms with Crippen LogP contribution in [0.2, 0.25) is 4.34 Å². The van der Waals surface area contributed by atoms with E-state index < -0.39 is 11.9 Å². The second kappa shape index (κ2) is 12.7. The van der Waals surface area contributed by atoms with Crippen LogP contribution in [0.5, 0.6) is 0 Å². The number of nitrogens with zero attached hydrogens (tertiary/aromatic N) is 3. The van der Waals surface area contributed by atoms with Gasteiger partial charge < -0.3 is 20.1 Å². The molecule has 12 heteroatoms. The van der Waals surface area contributed by atoms with Crippen molar-refractivity contribution in [2.24, 2.45) is 0 Å². The molecule has 202 valence electrons. The molecule has 3 N–H and O–H groups in total. The lowest BCUT2D eigenvalue weighted by molar-refractivity contribution is 0.0651. The summed E-state index contributed by atoms with van der Waals surface area (Å²) in [5.41, 5.74) is 1.97. The Bertz CT molecular complexity index is 1690. The highest BCUT2D eigenvalue weighted by Crippen LogP contribution is 2.21. The van der Waals surface area contributed by atoms with Crippen LogP contribution in [0.1, 0.15) is 36.1 Å². The average molecular weight is 577 g/mol. The number of rotatable bonds is 7. The number of pyridine rings is 1. The van der Waals surface area contributed by atoms with Gasteiger partial charge in [0.25, 0.3) is 11.5 Å². The maximum Gasteiger partial charge on any atom is 0.336 e. The molecule has 5 rings (SSSR count). The summed E-state index contributed by atoms with van der Waals surface area (Å²) in [7, 11) is 0. The third kappa shape index (κ3) is 6.90. The van der Waals surface area contributed by atoms with Crippen LogP contribution in [0.4, 0.5) is 0 Å². The van der Waals surface area contributed by atoms with E-state index >= 15 is 0 Å². The molecule has 0 saturated heterocycles. The molecule has 10 nitrogen and oxygen atoms in total. The molecule has 0 aliphatic carbocycles. The smallest absolute Gasteiger partial charge is 0.336 e. The number of amides is 1. The van der Waals surface area contributed by atoms with Crippen LogP contribution in [-0.4, -0.2) is 42.2 Å². The fourth-order valence-electron chi connectivity index (χ4n) is 3.57. The van der Waals surface area contributed by atoms with E-state index in [0.29, 0.717) is 15.8 Å². The minimum atomic E-state index is -1.23. The molecule has 0 atom stereocenters. The van der Waals surface area contributed by atoms with Crippen LogP contribution < -0.4 is 10.9 Å². The second-order valence-corrected chi connectivity index (χ2v) is 9.85. The van der Waals surface area contributed by atoms with Gasteiger partial charge in [0.2, 0.25) is 0 Å². The number of carbonyl (C=O) groups excluding carboxylic acids is 1. The van der Waals surface area contributed by atoms with Gasteiger partial charge in [-0.2, -0.15) is 0 Å². The van der Waals surface area contributed by atoms with Gasteiger partial charge in [-0.25, -0.2) is 14.6 Å². The zero-order chi connectivity index (χ0) is 28.6. The highest BCUT2D eigenvalue weighted by molar-refractivity contribution is 7.18. The summed E-state index contributed by atoms with van der Waals surface area (Å²) in [6.07, 6.45) is 5.27. The number of aromatic nitrogens is 3. The topological polar surface area (TPSA) is 144 Å². The molecule has 2 aromatic carbocycles. The zero-order valence-electron chi connectivity index (χ0n) is 20.6. The number of halogens is 1. The maximum atomic E-state index is 12.1. The standard InChI is InChI=1S/C20H15ClN4O2S.C8H6O4/c21-18-9-8-17(28-18)20(27)22-11-14-12-24(13-23-14)15-4-6-16(7-5-15)25-10-2-1-3-19(25)26;9-7(10)5-3-1-2-4-6(5)8(11)12/h1-10,12-13H,11H2,(H,22,27);1-4H,(H,9,10)(H,11,12). The molecule has 5 aromatic rings. The molecule has 0 spiro atoms. The number of thiophene rings is 1. The Balaban J connectivity index is 0.000000259. The molecule has 0 unspecified atom stereocenters. The van der Waals surface area contributed by atoms with Crippen LogP contribution >= 0.6 is 22.9 Å². The fraction of sp³-hybridized carbons (Fsp3) is 0.0357. The normalized spacial score (nSPS) is 10.3. The lowest BCUT2D eigenvalue weighted by atomic mass is 10.1. The number of carboxylic acid groups (broad SMARTS) is 2. The molecule has 0 bridgehead atoms. The lowest BCUT2D eigenvalue weighted by Gasteiger charge is -2.07. The van der Waals surface area contributed by atoms with Crippen molar-refractivity contribution in [2.75, 3.05) is 0 Å². The summed E-state index contributed by atoms with van der Waals surface area (Å²) in [6.45, 7) is 0.318. The van der Waals surface area contributed by atoms with Crippen molar-refractivity contribution in [2.45, 2.75) is 6.54 Å². The predicted octanol–water partition coefficient (Wildman–Crippen LogP) is 4.75. The van der Waals surface area contributed by atoms with Crippen molar-refractivity contribution in [1.82, 2.24) is 19.4 Å². The number of benzene rings is 2. The van der Waals surface area contributed by atoms with Crippen LogP contribution in [0.15, 0.2) is 102 Å². The van der Waals surface area contributed by atoms with Gasteiger partial charge in [0.1, 0.15) is 0 Å². The quantitative estimate of drug-likeness (QED) is 0.253. The minimum Gasteiger partial charge on any atom is -0.478 e. The summed E-state index contributed by atoms with van der Waals surface area (Å²) < 4.78 is 4.02. The van der Waals surface area contributed by atoms with Gasteiger partial charge in [-0.15, -0.1) is 11.3 Å². The largest absolute Gasteiger partial charge is 0.478 e. The molecule has 0 radical (unpaired) electrons. The van der Waals surface area contributed by atoms with E-state index in [2.05, 4.69) is 10.3 Å². The van der Waals surface area contributed by atoms with Crippen molar-refractivity contribution in [3.05, 3.63) is 134 Å². The predicted molar refractivity (Wildman–Crippen MR) is 150 cm³/mol. The van der Waals surface area contributed by atoms with Crippen molar-refractivity contribution in [3.8, 4) is 11.4 Å². The minimum absolute atomic E-state index is 0.0806. The Labute approximate surface area is 236 Å². The van der Waals surface area contributed by atoms with E-state index in [1.54, 1.807) is 35.3 Å². The van der Waals surface area contributed by atoms with Gasteiger partial charge >= 0.3 is 11.9 Å². The zero-order valence-corrected chi connectivity index (χ0v) is 22.2. The lowest BCUT2D eigenvalue weighted by Crippen LogP contribution is -2.21. The summed E-state index contributed by atoms with van der Waals surface area (Å²) in [5, 5.41) is 19.9. The van der Waals surface area contributed by atoms with Crippen molar-refractivity contribution in [3.63, 3.8) is 0 Å². The first-order valence-corrected chi connectivity index (χ1v) is 12.8. The first kappa shape index (κ1) is 28.0. The summed E-state index contributed by atoms with van der Waals surface area (Å²) in [4.78, 5) is 49.8. The van der Waals surface area contributed by atoms with E-state index in [9.17, 15) is 19.2 Å². The third-order valence-corrected chi connectivity index (χ3v) is 6.73. The van der Waals surface area contributed by atoms with Crippen LogP contribution in [0.25, 0.3) is 11.4 Å².